The van der Waals surface area contributed by atoms with Crippen molar-refractivity contribution < 1.29 is 4.79 Å². The van der Waals surface area contributed by atoms with E-state index >= 15 is 0 Å². The normalized spacial score (nSPS) is 14.5. The maximum absolute atomic E-state index is 12.6. The van der Waals surface area contributed by atoms with Crippen LogP contribution in [0.4, 0.5) is 5.69 Å². The number of carbonyl (C=O) groups is 1. The third-order valence-electron chi connectivity index (χ3n) is 6.35. The summed E-state index contributed by atoms with van der Waals surface area (Å²) in [5, 5.41) is 3.58. The number of aromatic nitrogens is 2. The van der Waals surface area contributed by atoms with E-state index < -0.39 is 0 Å². The number of carbonyl (C=O) groups excluding carboxylic acids is 1. The molecule has 4 rings (SSSR count). The van der Waals surface area contributed by atoms with Crippen molar-refractivity contribution in [1.82, 2.24) is 19.8 Å². The van der Waals surface area contributed by atoms with Crippen LogP contribution >= 0.6 is 0 Å². The summed E-state index contributed by atoms with van der Waals surface area (Å²) in [5.74, 6) is -0.0319. The van der Waals surface area contributed by atoms with E-state index in [4.69, 9.17) is 0 Å². The molecule has 0 unspecified atom stereocenters. The molecule has 0 spiro atoms. The third-order valence-corrected chi connectivity index (χ3v) is 6.35. The lowest BCUT2D eigenvalue weighted by molar-refractivity contribution is -0.121. The van der Waals surface area contributed by atoms with Gasteiger partial charge < -0.3 is 10.2 Å². The van der Waals surface area contributed by atoms with Gasteiger partial charge in [0, 0.05) is 51.4 Å². The number of amides is 1. The maximum atomic E-state index is 12.6. The molecular formula is C26H33N5O2. The Morgan fingerprint density at radius 1 is 1.03 bits per heavy atom. The van der Waals surface area contributed by atoms with Crippen LogP contribution in [-0.4, -0.2) is 59.6 Å². The number of benzene rings is 2. The van der Waals surface area contributed by atoms with Crippen LogP contribution in [0.5, 0.6) is 0 Å². The zero-order chi connectivity index (χ0) is 23.2. The predicted octanol–water partition coefficient (Wildman–Crippen LogP) is 2.73. The van der Waals surface area contributed by atoms with Crippen molar-refractivity contribution in [2.24, 2.45) is 0 Å². The summed E-state index contributed by atoms with van der Waals surface area (Å²) in [6, 6.07) is 14.3. The second kappa shape index (κ2) is 10.6. The number of hydrogen-bond acceptors (Lipinski definition) is 5. The average molecular weight is 448 g/mol. The predicted molar refractivity (Wildman–Crippen MR) is 133 cm³/mol. The van der Waals surface area contributed by atoms with Crippen molar-refractivity contribution in [3.05, 3.63) is 70.3 Å². The zero-order valence-corrected chi connectivity index (χ0v) is 19.6. The van der Waals surface area contributed by atoms with Crippen molar-refractivity contribution in [3.63, 3.8) is 0 Å². The molecule has 7 heteroatoms. The third kappa shape index (κ3) is 5.79. The van der Waals surface area contributed by atoms with E-state index in [0.717, 1.165) is 50.2 Å². The maximum Gasteiger partial charge on any atom is 0.261 e. The highest BCUT2D eigenvalue weighted by atomic mass is 16.1. The molecule has 1 aromatic heterocycles. The summed E-state index contributed by atoms with van der Waals surface area (Å²) in [6.45, 7) is 10.2. The first-order valence-corrected chi connectivity index (χ1v) is 11.8. The molecule has 2 aromatic carbocycles. The van der Waals surface area contributed by atoms with Gasteiger partial charge in [0.2, 0.25) is 5.91 Å². The Labute approximate surface area is 195 Å². The molecule has 1 aliphatic heterocycles. The molecule has 1 fully saturated rings. The average Bonchev–Trinajstić information content (AvgIpc) is 2.82. The molecule has 0 aliphatic carbocycles. The number of hydrogen-bond donors (Lipinski definition) is 1. The minimum absolute atomic E-state index is 0.0319. The van der Waals surface area contributed by atoms with Crippen LogP contribution in [0, 0.1) is 13.8 Å². The monoisotopic (exact) mass is 447 g/mol. The summed E-state index contributed by atoms with van der Waals surface area (Å²) in [4.78, 5) is 34.2. The Morgan fingerprint density at radius 2 is 1.82 bits per heavy atom. The van der Waals surface area contributed by atoms with E-state index in [1.807, 2.05) is 19.1 Å². The van der Waals surface area contributed by atoms with Gasteiger partial charge in [-0.1, -0.05) is 24.3 Å². The molecule has 0 radical (unpaired) electrons. The number of piperazine rings is 1. The molecule has 0 atom stereocenters. The van der Waals surface area contributed by atoms with Crippen LogP contribution in [0.3, 0.4) is 0 Å². The van der Waals surface area contributed by atoms with Crippen molar-refractivity contribution >= 4 is 22.5 Å². The van der Waals surface area contributed by atoms with Gasteiger partial charge in [-0.05, 0) is 56.1 Å². The zero-order valence-electron chi connectivity index (χ0n) is 19.6. The highest BCUT2D eigenvalue weighted by Crippen LogP contribution is 2.17. The first-order valence-electron chi connectivity index (χ1n) is 11.8. The SMILES string of the molecule is Cc1cccc(N2CCN(CCCNC(=O)CCn3cnc4c(C)cccc4c3=O)CC2)c1. The van der Waals surface area contributed by atoms with Gasteiger partial charge in [-0.25, -0.2) is 4.98 Å². The number of fused-ring (bicyclic) bond motifs is 1. The van der Waals surface area contributed by atoms with Crippen molar-refractivity contribution in [2.75, 3.05) is 44.2 Å². The summed E-state index contributed by atoms with van der Waals surface area (Å²) in [7, 11) is 0. The van der Waals surface area contributed by atoms with Crippen LogP contribution < -0.4 is 15.8 Å². The van der Waals surface area contributed by atoms with E-state index in [9.17, 15) is 9.59 Å². The fourth-order valence-electron chi connectivity index (χ4n) is 4.39. The number of anilines is 1. The molecule has 1 amide bonds. The Bertz CT molecular complexity index is 1160. The lowest BCUT2D eigenvalue weighted by Crippen LogP contribution is -2.47. The molecule has 174 valence electrons. The number of aryl methyl sites for hydroxylation is 3. The molecule has 0 saturated carbocycles. The van der Waals surface area contributed by atoms with Crippen LogP contribution in [0.25, 0.3) is 10.9 Å². The van der Waals surface area contributed by atoms with Gasteiger partial charge in [0.05, 0.1) is 17.2 Å². The van der Waals surface area contributed by atoms with E-state index in [-0.39, 0.29) is 17.9 Å². The summed E-state index contributed by atoms with van der Waals surface area (Å²) in [6.07, 6.45) is 2.74. The summed E-state index contributed by atoms with van der Waals surface area (Å²) in [5.41, 5.74) is 4.20. The number of nitrogens with zero attached hydrogens (tertiary/aromatic N) is 4. The number of nitrogens with one attached hydrogen (secondary N) is 1. The second-order valence-corrected chi connectivity index (χ2v) is 8.84. The number of rotatable bonds is 8. The van der Waals surface area contributed by atoms with Crippen LogP contribution in [-0.2, 0) is 11.3 Å². The van der Waals surface area contributed by atoms with E-state index in [2.05, 4.69) is 51.3 Å². The summed E-state index contributed by atoms with van der Waals surface area (Å²) < 4.78 is 1.52. The fourth-order valence-corrected chi connectivity index (χ4v) is 4.39. The van der Waals surface area contributed by atoms with Gasteiger partial charge in [0.25, 0.3) is 5.56 Å². The Kier molecular flexibility index (Phi) is 7.40. The number of para-hydroxylation sites is 1. The van der Waals surface area contributed by atoms with Gasteiger partial charge >= 0.3 is 0 Å². The molecule has 3 aromatic rings. The highest BCUT2D eigenvalue weighted by molar-refractivity contribution is 5.80. The minimum atomic E-state index is -0.0960. The molecule has 1 saturated heterocycles. The molecule has 33 heavy (non-hydrogen) atoms. The van der Waals surface area contributed by atoms with Gasteiger partial charge in [-0.3, -0.25) is 19.1 Å². The smallest absolute Gasteiger partial charge is 0.261 e. The fraction of sp³-hybridized carbons (Fsp3) is 0.423. The van der Waals surface area contributed by atoms with E-state index in [0.29, 0.717) is 18.5 Å². The van der Waals surface area contributed by atoms with Gasteiger partial charge in [0.1, 0.15) is 0 Å². The first-order chi connectivity index (χ1) is 16.0. The summed E-state index contributed by atoms with van der Waals surface area (Å²) >= 11 is 0. The van der Waals surface area contributed by atoms with Crippen LogP contribution in [0.1, 0.15) is 24.0 Å². The quantitative estimate of drug-likeness (QED) is 0.538. The van der Waals surface area contributed by atoms with Crippen LogP contribution in [0.15, 0.2) is 53.6 Å². The Morgan fingerprint density at radius 3 is 2.61 bits per heavy atom. The van der Waals surface area contributed by atoms with Crippen molar-refractivity contribution in [3.8, 4) is 0 Å². The molecule has 0 bridgehead atoms. The standard InChI is InChI=1S/C26H33N5O2/c1-20-6-3-8-22(18-20)30-16-14-29(15-17-30)12-5-11-27-24(32)10-13-31-19-28-25-21(2)7-4-9-23(25)26(31)33/h3-4,6-9,18-19H,5,10-17H2,1-2H3,(H,27,32). The highest BCUT2D eigenvalue weighted by Gasteiger charge is 2.17. The minimum Gasteiger partial charge on any atom is -0.369 e. The molecular weight excluding hydrogens is 414 g/mol. The Balaban J connectivity index is 1.16. The lowest BCUT2D eigenvalue weighted by Gasteiger charge is -2.36. The van der Waals surface area contributed by atoms with Gasteiger partial charge in [-0.2, -0.15) is 0 Å². The van der Waals surface area contributed by atoms with E-state index in [1.54, 1.807) is 12.4 Å². The van der Waals surface area contributed by atoms with Gasteiger partial charge in [0.15, 0.2) is 0 Å². The molecule has 2 heterocycles. The van der Waals surface area contributed by atoms with Crippen molar-refractivity contribution in [1.29, 1.82) is 0 Å². The van der Waals surface area contributed by atoms with Crippen molar-refractivity contribution in [2.45, 2.75) is 33.2 Å². The lowest BCUT2D eigenvalue weighted by atomic mass is 10.1. The van der Waals surface area contributed by atoms with E-state index in [1.165, 1.54) is 15.8 Å². The first kappa shape index (κ1) is 23.0. The Hall–Kier alpha value is -3.19. The molecule has 1 aliphatic rings. The van der Waals surface area contributed by atoms with Gasteiger partial charge in [-0.15, -0.1) is 0 Å². The second-order valence-electron chi connectivity index (χ2n) is 8.84. The topological polar surface area (TPSA) is 70.5 Å². The van der Waals surface area contributed by atoms with Crippen LogP contribution in [0.2, 0.25) is 0 Å². The molecule has 1 N–H and O–H groups in total. The largest absolute Gasteiger partial charge is 0.369 e. The molecule has 7 nitrogen and oxygen atoms in total.